The summed E-state index contributed by atoms with van der Waals surface area (Å²) in [5.74, 6) is 0.198. The third-order valence-corrected chi connectivity index (χ3v) is 3.21. The van der Waals surface area contributed by atoms with Crippen molar-refractivity contribution in [3.63, 3.8) is 0 Å². The van der Waals surface area contributed by atoms with E-state index in [1.54, 1.807) is 6.07 Å². The van der Waals surface area contributed by atoms with Crippen molar-refractivity contribution in [2.75, 3.05) is 7.05 Å². The summed E-state index contributed by atoms with van der Waals surface area (Å²) in [5.41, 5.74) is 1.93. The molecule has 1 atom stereocenters. The van der Waals surface area contributed by atoms with Crippen molar-refractivity contribution in [3.8, 4) is 0 Å². The number of ketones is 1. The third-order valence-electron chi connectivity index (χ3n) is 2.97. The van der Waals surface area contributed by atoms with Gasteiger partial charge in [0.05, 0.1) is 0 Å². The summed E-state index contributed by atoms with van der Waals surface area (Å²) in [6.07, 6.45) is 2.53. The summed E-state index contributed by atoms with van der Waals surface area (Å²) in [4.78, 5) is 11.9. The first kappa shape index (κ1) is 13.5. The van der Waals surface area contributed by atoms with Crippen LogP contribution in [0.2, 0.25) is 5.02 Å². The maximum atomic E-state index is 11.9. The lowest BCUT2D eigenvalue weighted by atomic mass is 10.0. The molecule has 4 heteroatoms. The van der Waals surface area contributed by atoms with Crippen molar-refractivity contribution in [2.45, 2.75) is 25.3 Å². The van der Waals surface area contributed by atoms with Gasteiger partial charge in [0.25, 0.3) is 0 Å². The number of rotatable bonds is 1. The van der Waals surface area contributed by atoms with E-state index in [2.05, 4.69) is 5.32 Å². The van der Waals surface area contributed by atoms with Crippen LogP contribution in [-0.4, -0.2) is 18.9 Å². The largest absolute Gasteiger partial charge is 0.317 e. The minimum absolute atomic E-state index is 0. The number of aryl methyl sites for hydroxylation is 1. The molecule has 0 radical (unpaired) electrons. The zero-order chi connectivity index (χ0) is 10.8. The van der Waals surface area contributed by atoms with Gasteiger partial charge in [-0.15, -0.1) is 12.4 Å². The Morgan fingerprint density at radius 1 is 1.44 bits per heavy atom. The number of halogens is 2. The van der Waals surface area contributed by atoms with Crippen LogP contribution in [0.4, 0.5) is 0 Å². The van der Waals surface area contributed by atoms with Gasteiger partial charge < -0.3 is 5.32 Å². The number of carbonyl (C=O) groups excluding carboxylic acids is 1. The van der Waals surface area contributed by atoms with Crippen molar-refractivity contribution < 1.29 is 4.79 Å². The summed E-state index contributed by atoms with van der Waals surface area (Å²) in [6.45, 7) is 0. The lowest BCUT2D eigenvalue weighted by Gasteiger charge is -2.10. The van der Waals surface area contributed by atoms with Crippen molar-refractivity contribution in [1.29, 1.82) is 0 Å². The van der Waals surface area contributed by atoms with Gasteiger partial charge in [0, 0.05) is 23.0 Å². The second kappa shape index (κ2) is 5.67. The van der Waals surface area contributed by atoms with E-state index in [0.29, 0.717) is 17.5 Å². The number of hydrogen-bond donors (Lipinski definition) is 1. The molecule has 1 aliphatic rings. The van der Waals surface area contributed by atoms with E-state index in [1.807, 2.05) is 19.2 Å². The molecule has 2 nitrogen and oxygen atoms in total. The van der Waals surface area contributed by atoms with Gasteiger partial charge in [0.2, 0.25) is 0 Å². The Morgan fingerprint density at radius 2 is 2.19 bits per heavy atom. The van der Waals surface area contributed by atoms with Crippen LogP contribution in [0, 0.1) is 0 Å². The van der Waals surface area contributed by atoms with Gasteiger partial charge >= 0.3 is 0 Å². The zero-order valence-corrected chi connectivity index (χ0v) is 10.7. The molecular weight excluding hydrogens is 245 g/mol. The molecule has 1 aliphatic carbocycles. The highest BCUT2D eigenvalue weighted by atomic mass is 35.5. The second-order valence-corrected chi connectivity index (χ2v) is 4.39. The van der Waals surface area contributed by atoms with Gasteiger partial charge in [0.1, 0.15) is 0 Å². The average molecular weight is 260 g/mol. The fraction of sp³-hybridized carbons (Fsp3) is 0.417. The SMILES string of the molecule is CNC1CCc2ccc(Cl)cc2C(=O)C1.Cl. The number of benzene rings is 1. The number of carbonyl (C=O) groups is 1. The third kappa shape index (κ3) is 2.76. The number of fused-ring (bicyclic) bond motifs is 1. The van der Waals surface area contributed by atoms with Crippen LogP contribution in [0.15, 0.2) is 18.2 Å². The fourth-order valence-electron chi connectivity index (χ4n) is 2.04. The Labute approximate surface area is 107 Å². The molecule has 0 heterocycles. The quantitative estimate of drug-likeness (QED) is 0.786. The minimum Gasteiger partial charge on any atom is -0.317 e. The van der Waals surface area contributed by atoms with E-state index in [-0.39, 0.29) is 18.2 Å². The van der Waals surface area contributed by atoms with Crippen LogP contribution in [0.3, 0.4) is 0 Å². The molecule has 1 N–H and O–H groups in total. The van der Waals surface area contributed by atoms with Crippen LogP contribution < -0.4 is 5.32 Å². The molecule has 0 saturated heterocycles. The van der Waals surface area contributed by atoms with Crippen molar-refractivity contribution >= 4 is 29.8 Å². The summed E-state index contributed by atoms with van der Waals surface area (Å²) in [7, 11) is 1.90. The van der Waals surface area contributed by atoms with E-state index in [4.69, 9.17) is 11.6 Å². The molecule has 2 rings (SSSR count). The van der Waals surface area contributed by atoms with Crippen LogP contribution in [-0.2, 0) is 6.42 Å². The molecule has 0 amide bonds. The highest BCUT2D eigenvalue weighted by Gasteiger charge is 2.21. The molecule has 0 bridgehead atoms. The number of hydrogen-bond acceptors (Lipinski definition) is 2. The molecule has 0 aromatic heterocycles. The molecule has 1 aromatic carbocycles. The topological polar surface area (TPSA) is 29.1 Å². The van der Waals surface area contributed by atoms with Crippen LogP contribution in [0.5, 0.6) is 0 Å². The lowest BCUT2D eigenvalue weighted by Crippen LogP contribution is -2.26. The summed E-state index contributed by atoms with van der Waals surface area (Å²) >= 11 is 5.90. The van der Waals surface area contributed by atoms with E-state index < -0.39 is 0 Å². The van der Waals surface area contributed by atoms with Gasteiger partial charge in [-0.1, -0.05) is 17.7 Å². The van der Waals surface area contributed by atoms with Crippen molar-refractivity contribution in [1.82, 2.24) is 5.32 Å². The maximum Gasteiger partial charge on any atom is 0.164 e. The summed E-state index contributed by atoms with van der Waals surface area (Å²) in [5, 5.41) is 3.81. The van der Waals surface area contributed by atoms with Gasteiger partial charge in [-0.25, -0.2) is 0 Å². The smallest absolute Gasteiger partial charge is 0.164 e. The zero-order valence-electron chi connectivity index (χ0n) is 9.13. The highest BCUT2D eigenvalue weighted by Crippen LogP contribution is 2.23. The molecule has 16 heavy (non-hydrogen) atoms. The highest BCUT2D eigenvalue weighted by molar-refractivity contribution is 6.31. The van der Waals surface area contributed by atoms with Crippen molar-refractivity contribution in [2.24, 2.45) is 0 Å². The molecule has 1 unspecified atom stereocenters. The van der Waals surface area contributed by atoms with Gasteiger partial charge in [-0.2, -0.15) is 0 Å². The Hall–Kier alpha value is -0.570. The average Bonchev–Trinajstić information content (AvgIpc) is 2.39. The predicted molar refractivity (Wildman–Crippen MR) is 68.8 cm³/mol. The van der Waals surface area contributed by atoms with Crippen molar-refractivity contribution in [3.05, 3.63) is 34.3 Å². The first-order chi connectivity index (χ1) is 7.20. The standard InChI is InChI=1S/C12H14ClNO.ClH/c1-14-10-5-3-8-2-4-9(13)6-11(8)12(15)7-10;/h2,4,6,10,14H,3,5,7H2,1H3;1H. The first-order valence-corrected chi connectivity index (χ1v) is 5.57. The molecule has 0 saturated carbocycles. The Balaban J connectivity index is 0.00000128. The van der Waals surface area contributed by atoms with E-state index in [1.165, 1.54) is 0 Å². The molecule has 1 aromatic rings. The van der Waals surface area contributed by atoms with Crippen LogP contribution in [0.25, 0.3) is 0 Å². The molecule has 0 aliphatic heterocycles. The number of Topliss-reactive ketones (excluding diaryl/α,β-unsaturated/α-hetero) is 1. The lowest BCUT2D eigenvalue weighted by molar-refractivity contribution is 0.0972. The monoisotopic (exact) mass is 259 g/mol. The number of nitrogens with one attached hydrogen (secondary N) is 1. The Morgan fingerprint density at radius 3 is 2.88 bits per heavy atom. The molecule has 88 valence electrons. The Kier molecular flexibility index (Phi) is 4.78. The minimum atomic E-state index is 0. The molecule has 0 fully saturated rings. The summed E-state index contributed by atoms with van der Waals surface area (Å²) < 4.78 is 0. The summed E-state index contributed by atoms with van der Waals surface area (Å²) in [6, 6.07) is 5.90. The molecular formula is C12H15Cl2NO. The van der Waals surface area contributed by atoms with Crippen LogP contribution >= 0.6 is 24.0 Å². The predicted octanol–water partition coefficient (Wildman–Crippen LogP) is 2.87. The molecule has 0 spiro atoms. The normalized spacial score (nSPS) is 19.6. The second-order valence-electron chi connectivity index (χ2n) is 3.95. The maximum absolute atomic E-state index is 11.9. The van der Waals surface area contributed by atoms with Gasteiger partial charge in [0.15, 0.2) is 5.78 Å². The first-order valence-electron chi connectivity index (χ1n) is 5.19. The van der Waals surface area contributed by atoms with Crippen LogP contribution in [0.1, 0.15) is 28.8 Å². The van der Waals surface area contributed by atoms with E-state index in [9.17, 15) is 4.79 Å². The Bertz CT molecular complexity index is 393. The fourth-order valence-corrected chi connectivity index (χ4v) is 2.21. The van der Waals surface area contributed by atoms with Gasteiger partial charge in [-0.3, -0.25) is 4.79 Å². The van der Waals surface area contributed by atoms with E-state index >= 15 is 0 Å². The van der Waals surface area contributed by atoms with Gasteiger partial charge in [-0.05, 0) is 37.6 Å². The van der Waals surface area contributed by atoms with E-state index in [0.717, 1.165) is 24.0 Å².